The van der Waals surface area contributed by atoms with Gasteiger partial charge in [-0.25, -0.2) is 0 Å². The first-order chi connectivity index (χ1) is 9.84. The minimum absolute atomic E-state index is 0.0899. The summed E-state index contributed by atoms with van der Waals surface area (Å²) in [5, 5.41) is 3.49. The molecule has 100 valence electrons. The topological polar surface area (TPSA) is 45.2 Å². The van der Waals surface area contributed by atoms with Crippen molar-refractivity contribution in [2.45, 2.75) is 25.0 Å². The highest BCUT2D eigenvalue weighted by Gasteiger charge is 2.41. The van der Waals surface area contributed by atoms with Gasteiger partial charge in [-0.2, -0.15) is 0 Å². The summed E-state index contributed by atoms with van der Waals surface area (Å²) in [4.78, 5) is 18.8. The van der Waals surface area contributed by atoms with E-state index in [2.05, 4.69) is 10.3 Å². The Hall–Kier alpha value is -2.36. The molecule has 1 N–H and O–H groups in total. The lowest BCUT2D eigenvalue weighted by atomic mass is 10.0. The van der Waals surface area contributed by atoms with Gasteiger partial charge in [0.05, 0.1) is 5.56 Å². The van der Waals surface area contributed by atoms with Crippen LogP contribution in [0.5, 0.6) is 0 Å². The molecule has 1 atom stereocenters. The molecule has 1 aromatic heterocycles. The molecular formula is C16H15N3O. The Morgan fingerprint density at radius 1 is 1.10 bits per heavy atom. The second-order valence-corrected chi connectivity index (χ2v) is 5.32. The Morgan fingerprint density at radius 3 is 2.60 bits per heavy atom. The predicted molar refractivity (Wildman–Crippen MR) is 76.2 cm³/mol. The molecule has 0 radical (unpaired) electrons. The SMILES string of the molecule is O=C1c2ccccc2N[C@H](c2ccncc2)N1C1CC1. The van der Waals surface area contributed by atoms with E-state index in [0.29, 0.717) is 6.04 Å². The maximum atomic E-state index is 12.8. The quantitative estimate of drug-likeness (QED) is 0.908. The number of rotatable bonds is 2. The van der Waals surface area contributed by atoms with Crippen LogP contribution in [0.25, 0.3) is 0 Å². The number of anilines is 1. The Kier molecular flexibility index (Phi) is 2.49. The van der Waals surface area contributed by atoms with Gasteiger partial charge in [0.2, 0.25) is 0 Å². The van der Waals surface area contributed by atoms with Crippen molar-refractivity contribution in [2.75, 3.05) is 5.32 Å². The van der Waals surface area contributed by atoms with Crippen LogP contribution in [0.1, 0.15) is 34.9 Å². The lowest BCUT2D eigenvalue weighted by Crippen LogP contribution is -2.44. The van der Waals surface area contributed by atoms with E-state index >= 15 is 0 Å². The highest BCUT2D eigenvalue weighted by molar-refractivity contribution is 6.02. The molecule has 1 saturated carbocycles. The number of hydrogen-bond acceptors (Lipinski definition) is 3. The highest BCUT2D eigenvalue weighted by Crippen LogP contribution is 2.40. The van der Waals surface area contributed by atoms with Gasteiger partial charge in [-0.1, -0.05) is 12.1 Å². The zero-order chi connectivity index (χ0) is 13.5. The average molecular weight is 265 g/mol. The number of benzene rings is 1. The smallest absolute Gasteiger partial charge is 0.258 e. The molecule has 1 fully saturated rings. The van der Waals surface area contributed by atoms with Crippen molar-refractivity contribution in [2.24, 2.45) is 0 Å². The first kappa shape index (κ1) is 11.5. The van der Waals surface area contributed by atoms with Crippen LogP contribution >= 0.6 is 0 Å². The lowest BCUT2D eigenvalue weighted by Gasteiger charge is -2.38. The predicted octanol–water partition coefficient (Wildman–Crippen LogP) is 2.81. The third-order valence-corrected chi connectivity index (χ3v) is 3.92. The maximum Gasteiger partial charge on any atom is 0.258 e. The summed E-state index contributed by atoms with van der Waals surface area (Å²) in [7, 11) is 0. The first-order valence-corrected chi connectivity index (χ1v) is 6.93. The molecule has 2 aliphatic rings. The summed E-state index contributed by atoms with van der Waals surface area (Å²) in [5.41, 5.74) is 2.76. The van der Waals surface area contributed by atoms with Crippen LogP contribution in [0, 0.1) is 0 Å². The van der Waals surface area contributed by atoms with Gasteiger partial charge in [0.25, 0.3) is 5.91 Å². The Morgan fingerprint density at radius 2 is 1.85 bits per heavy atom. The van der Waals surface area contributed by atoms with Crippen LogP contribution < -0.4 is 5.32 Å². The zero-order valence-electron chi connectivity index (χ0n) is 11.0. The van der Waals surface area contributed by atoms with E-state index in [0.717, 1.165) is 29.7 Å². The Labute approximate surface area is 117 Å². The monoisotopic (exact) mass is 265 g/mol. The van der Waals surface area contributed by atoms with E-state index in [4.69, 9.17) is 0 Å². The van der Waals surface area contributed by atoms with E-state index < -0.39 is 0 Å². The molecular weight excluding hydrogens is 250 g/mol. The van der Waals surface area contributed by atoms with Crippen molar-refractivity contribution < 1.29 is 4.79 Å². The van der Waals surface area contributed by atoms with Gasteiger partial charge in [0, 0.05) is 24.1 Å². The molecule has 2 heterocycles. The lowest BCUT2D eigenvalue weighted by molar-refractivity contribution is 0.0666. The van der Waals surface area contributed by atoms with Crippen molar-refractivity contribution in [1.29, 1.82) is 0 Å². The number of nitrogens with one attached hydrogen (secondary N) is 1. The van der Waals surface area contributed by atoms with Crippen LogP contribution in [0.4, 0.5) is 5.69 Å². The van der Waals surface area contributed by atoms with E-state index in [1.165, 1.54) is 0 Å². The van der Waals surface area contributed by atoms with E-state index in [-0.39, 0.29) is 12.1 Å². The van der Waals surface area contributed by atoms with E-state index in [1.54, 1.807) is 12.4 Å². The Balaban J connectivity index is 1.80. The molecule has 1 aliphatic heterocycles. The minimum Gasteiger partial charge on any atom is -0.361 e. The summed E-state index contributed by atoms with van der Waals surface area (Å²) in [6.45, 7) is 0. The molecule has 1 amide bonds. The fraction of sp³-hybridized carbons (Fsp3) is 0.250. The summed E-state index contributed by atoms with van der Waals surface area (Å²) in [6, 6.07) is 12.0. The molecule has 20 heavy (non-hydrogen) atoms. The average Bonchev–Trinajstić information content (AvgIpc) is 3.33. The van der Waals surface area contributed by atoms with Gasteiger partial charge in [0.15, 0.2) is 0 Å². The van der Waals surface area contributed by atoms with Crippen molar-refractivity contribution in [3.8, 4) is 0 Å². The number of carbonyl (C=O) groups is 1. The van der Waals surface area contributed by atoms with Crippen LogP contribution in [0.2, 0.25) is 0 Å². The molecule has 4 nitrogen and oxygen atoms in total. The summed E-state index contributed by atoms with van der Waals surface area (Å²) < 4.78 is 0. The second-order valence-electron chi connectivity index (χ2n) is 5.32. The number of para-hydroxylation sites is 1. The number of pyridine rings is 1. The van der Waals surface area contributed by atoms with Crippen LogP contribution in [0.15, 0.2) is 48.8 Å². The van der Waals surface area contributed by atoms with Crippen LogP contribution in [0.3, 0.4) is 0 Å². The zero-order valence-corrected chi connectivity index (χ0v) is 11.0. The number of aromatic nitrogens is 1. The first-order valence-electron chi connectivity index (χ1n) is 6.93. The number of amides is 1. The maximum absolute atomic E-state index is 12.8. The Bertz CT molecular complexity index is 652. The van der Waals surface area contributed by atoms with Crippen LogP contribution in [-0.4, -0.2) is 21.8 Å². The molecule has 1 aromatic carbocycles. The fourth-order valence-electron chi connectivity index (χ4n) is 2.79. The summed E-state index contributed by atoms with van der Waals surface area (Å²) in [5.74, 6) is 0.128. The fourth-order valence-corrected chi connectivity index (χ4v) is 2.79. The number of hydrogen-bond donors (Lipinski definition) is 1. The third kappa shape index (κ3) is 1.76. The molecule has 1 aliphatic carbocycles. The van der Waals surface area contributed by atoms with Gasteiger partial charge in [-0.3, -0.25) is 9.78 Å². The second kappa shape index (κ2) is 4.34. The standard InChI is InChI=1S/C16H15N3O/c20-16-13-3-1-2-4-14(13)18-15(19(16)12-5-6-12)11-7-9-17-10-8-11/h1-4,7-10,12,15,18H,5-6H2/t15-/m0/s1. The molecule has 0 spiro atoms. The summed E-state index contributed by atoms with van der Waals surface area (Å²) in [6.07, 6.45) is 5.64. The van der Waals surface area contributed by atoms with Crippen molar-refractivity contribution in [3.63, 3.8) is 0 Å². The van der Waals surface area contributed by atoms with Crippen LogP contribution in [-0.2, 0) is 0 Å². The van der Waals surface area contributed by atoms with Gasteiger partial charge >= 0.3 is 0 Å². The molecule has 4 heteroatoms. The molecule has 4 rings (SSSR count). The molecule has 2 aromatic rings. The third-order valence-electron chi connectivity index (χ3n) is 3.92. The van der Waals surface area contributed by atoms with Gasteiger partial charge < -0.3 is 10.2 Å². The molecule has 0 unspecified atom stereocenters. The minimum atomic E-state index is -0.0899. The molecule has 0 bridgehead atoms. The van der Waals surface area contributed by atoms with E-state index in [1.807, 2.05) is 41.3 Å². The number of nitrogens with zero attached hydrogens (tertiary/aromatic N) is 2. The van der Waals surface area contributed by atoms with Crippen molar-refractivity contribution >= 4 is 11.6 Å². The number of fused-ring (bicyclic) bond motifs is 1. The largest absolute Gasteiger partial charge is 0.361 e. The highest BCUT2D eigenvalue weighted by atomic mass is 16.2. The summed E-state index contributed by atoms with van der Waals surface area (Å²) >= 11 is 0. The van der Waals surface area contributed by atoms with Crippen molar-refractivity contribution in [1.82, 2.24) is 9.88 Å². The number of carbonyl (C=O) groups excluding carboxylic acids is 1. The molecule has 0 saturated heterocycles. The van der Waals surface area contributed by atoms with Gasteiger partial charge in [0.1, 0.15) is 6.17 Å². The van der Waals surface area contributed by atoms with Gasteiger partial charge in [-0.15, -0.1) is 0 Å². The van der Waals surface area contributed by atoms with Crippen molar-refractivity contribution in [3.05, 3.63) is 59.9 Å². The van der Waals surface area contributed by atoms with Gasteiger partial charge in [-0.05, 0) is 42.7 Å². The van der Waals surface area contributed by atoms with E-state index in [9.17, 15) is 4.79 Å². The normalized spacial score (nSPS) is 21.3.